The molecule has 0 spiro atoms. The summed E-state index contributed by atoms with van der Waals surface area (Å²) in [6, 6.07) is 8.59. The third kappa shape index (κ3) is 3.44. The fourth-order valence-corrected chi connectivity index (χ4v) is 3.17. The summed E-state index contributed by atoms with van der Waals surface area (Å²) >= 11 is 10.9. The van der Waals surface area contributed by atoms with E-state index in [4.69, 9.17) is 11.6 Å². The van der Waals surface area contributed by atoms with E-state index < -0.39 is 0 Å². The minimum atomic E-state index is -0.334. The third-order valence-corrected chi connectivity index (χ3v) is 4.29. The Hall–Kier alpha value is -0.580. The lowest BCUT2D eigenvalue weighted by Crippen LogP contribution is -2.04. The van der Waals surface area contributed by atoms with Crippen molar-refractivity contribution in [1.82, 2.24) is 0 Å². The zero-order valence-corrected chi connectivity index (χ0v) is 12.2. The van der Waals surface area contributed by atoms with Gasteiger partial charge in [-0.3, -0.25) is 0 Å². The van der Waals surface area contributed by atoms with Crippen LogP contribution in [0.25, 0.3) is 0 Å². The molecule has 5 heteroatoms. The highest BCUT2D eigenvalue weighted by atomic mass is 79.9. The summed E-state index contributed by atoms with van der Waals surface area (Å²) in [4.78, 5) is 1.18. The lowest BCUT2D eigenvalue weighted by atomic mass is 10.2. The van der Waals surface area contributed by atoms with Crippen molar-refractivity contribution in [1.29, 1.82) is 0 Å². The summed E-state index contributed by atoms with van der Waals surface area (Å²) in [5, 5.41) is 3.61. The van der Waals surface area contributed by atoms with Gasteiger partial charge in [0, 0.05) is 15.6 Å². The Kier molecular flexibility index (Phi) is 4.07. The number of thiophene rings is 1. The molecule has 0 saturated carbocycles. The van der Waals surface area contributed by atoms with Crippen LogP contribution in [0, 0.1) is 5.82 Å². The van der Waals surface area contributed by atoms with E-state index in [1.165, 1.54) is 17.0 Å². The molecular formula is C12H10BrClFNS. The Morgan fingerprint density at radius 2 is 2.12 bits per heavy atom. The van der Waals surface area contributed by atoms with E-state index >= 15 is 0 Å². The molecule has 90 valence electrons. The van der Waals surface area contributed by atoms with Crippen LogP contribution in [0.3, 0.4) is 0 Å². The number of hydrogen-bond donors (Lipinski definition) is 1. The van der Waals surface area contributed by atoms with Gasteiger partial charge in [-0.25, -0.2) is 4.39 Å². The van der Waals surface area contributed by atoms with E-state index in [1.54, 1.807) is 17.4 Å². The molecule has 1 nitrogen and oxygen atoms in total. The molecule has 1 aromatic carbocycles. The van der Waals surface area contributed by atoms with Gasteiger partial charge in [0.2, 0.25) is 0 Å². The standard InChI is InChI=1S/C12H10BrClFNS/c1-7(11-2-3-12(13)17-11)16-10-5-8(14)4-9(15)6-10/h2-7,16H,1H3. The molecule has 1 heterocycles. The van der Waals surface area contributed by atoms with Crippen molar-refractivity contribution in [2.75, 3.05) is 5.32 Å². The first kappa shape index (κ1) is 12.9. The van der Waals surface area contributed by atoms with Gasteiger partial charge in [0.05, 0.1) is 9.83 Å². The number of rotatable bonds is 3. The second-order valence-corrected chi connectivity index (χ2v) is 6.60. The lowest BCUT2D eigenvalue weighted by molar-refractivity contribution is 0.628. The Morgan fingerprint density at radius 1 is 1.35 bits per heavy atom. The zero-order valence-electron chi connectivity index (χ0n) is 9.01. The van der Waals surface area contributed by atoms with Crippen LogP contribution in [-0.4, -0.2) is 0 Å². The van der Waals surface area contributed by atoms with Crippen molar-refractivity contribution < 1.29 is 4.39 Å². The smallest absolute Gasteiger partial charge is 0.126 e. The van der Waals surface area contributed by atoms with E-state index in [9.17, 15) is 4.39 Å². The average Bonchev–Trinajstić information content (AvgIpc) is 2.63. The van der Waals surface area contributed by atoms with E-state index in [1.807, 2.05) is 19.1 Å². The van der Waals surface area contributed by atoms with Crippen LogP contribution in [-0.2, 0) is 0 Å². The van der Waals surface area contributed by atoms with Gasteiger partial charge in [0.1, 0.15) is 5.82 Å². The fraction of sp³-hybridized carbons (Fsp3) is 0.167. The van der Waals surface area contributed by atoms with Crippen molar-refractivity contribution in [2.24, 2.45) is 0 Å². The van der Waals surface area contributed by atoms with Gasteiger partial charge >= 0.3 is 0 Å². The van der Waals surface area contributed by atoms with E-state index in [0.717, 1.165) is 3.79 Å². The first-order valence-corrected chi connectivity index (χ1v) is 7.01. The number of hydrogen-bond acceptors (Lipinski definition) is 2. The molecule has 17 heavy (non-hydrogen) atoms. The summed E-state index contributed by atoms with van der Waals surface area (Å²) in [6.07, 6.45) is 0. The molecule has 1 unspecified atom stereocenters. The SMILES string of the molecule is CC(Nc1cc(F)cc(Cl)c1)c1ccc(Br)s1. The minimum absolute atomic E-state index is 0.115. The number of benzene rings is 1. The molecule has 0 fully saturated rings. The molecule has 0 amide bonds. The normalized spacial score (nSPS) is 12.5. The summed E-state index contributed by atoms with van der Waals surface area (Å²) in [6.45, 7) is 2.02. The second kappa shape index (κ2) is 5.38. The molecule has 2 aromatic rings. The average molecular weight is 335 g/mol. The van der Waals surface area contributed by atoms with Crippen molar-refractivity contribution in [2.45, 2.75) is 13.0 Å². The molecule has 0 aliphatic carbocycles. The van der Waals surface area contributed by atoms with Gasteiger partial charge in [-0.05, 0) is 53.2 Å². The summed E-state index contributed by atoms with van der Waals surface area (Å²) < 4.78 is 14.2. The first-order valence-electron chi connectivity index (χ1n) is 5.02. The van der Waals surface area contributed by atoms with E-state index in [-0.39, 0.29) is 11.9 Å². The highest BCUT2D eigenvalue weighted by Crippen LogP contribution is 2.30. The molecule has 0 aliphatic heterocycles. The van der Waals surface area contributed by atoms with Crippen LogP contribution in [0.2, 0.25) is 5.02 Å². The molecular weight excluding hydrogens is 325 g/mol. The molecule has 0 saturated heterocycles. The van der Waals surface area contributed by atoms with Crippen LogP contribution >= 0.6 is 38.9 Å². The van der Waals surface area contributed by atoms with Crippen LogP contribution in [0.1, 0.15) is 17.8 Å². The maximum atomic E-state index is 13.2. The minimum Gasteiger partial charge on any atom is -0.378 e. The van der Waals surface area contributed by atoms with Gasteiger partial charge in [0.15, 0.2) is 0 Å². The molecule has 2 rings (SSSR count). The molecule has 1 atom stereocenters. The van der Waals surface area contributed by atoms with Crippen molar-refractivity contribution in [3.63, 3.8) is 0 Å². The molecule has 1 N–H and O–H groups in total. The van der Waals surface area contributed by atoms with Gasteiger partial charge in [-0.1, -0.05) is 11.6 Å². The molecule has 1 aromatic heterocycles. The summed E-state index contributed by atoms with van der Waals surface area (Å²) in [5.74, 6) is -0.334. The first-order chi connectivity index (χ1) is 8.04. The zero-order chi connectivity index (χ0) is 12.4. The summed E-state index contributed by atoms with van der Waals surface area (Å²) in [5.41, 5.74) is 0.687. The van der Waals surface area contributed by atoms with Crippen LogP contribution in [0.15, 0.2) is 34.1 Å². The Balaban J connectivity index is 2.15. The summed E-state index contributed by atoms with van der Waals surface area (Å²) in [7, 11) is 0. The molecule has 0 bridgehead atoms. The fourth-order valence-electron chi connectivity index (χ4n) is 1.52. The highest BCUT2D eigenvalue weighted by molar-refractivity contribution is 9.11. The number of nitrogens with one attached hydrogen (secondary N) is 1. The van der Waals surface area contributed by atoms with Crippen LogP contribution in [0.4, 0.5) is 10.1 Å². The van der Waals surface area contributed by atoms with Gasteiger partial charge < -0.3 is 5.32 Å². The Labute approximate surface area is 117 Å². The molecule has 0 aliphatic rings. The number of halogens is 3. The Morgan fingerprint density at radius 3 is 2.71 bits per heavy atom. The Bertz CT molecular complexity index is 509. The van der Waals surface area contributed by atoms with Gasteiger partial charge in [-0.15, -0.1) is 11.3 Å². The van der Waals surface area contributed by atoms with Crippen molar-refractivity contribution >= 4 is 44.6 Å². The second-order valence-electron chi connectivity index (χ2n) is 3.67. The monoisotopic (exact) mass is 333 g/mol. The maximum Gasteiger partial charge on any atom is 0.126 e. The van der Waals surface area contributed by atoms with Crippen LogP contribution in [0.5, 0.6) is 0 Å². The topological polar surface area (TPSA) is 12.0 Å². The third-order valence-electron chi connectivity index (χ3n) is 2.27. The largest absolute Gasteiger partial charge is 0.378 e. The number of anilines is 1. The maximum absolute atomic E-state index is 13.2. The quantitative estimate of drug-likeness (QED) is 0.784. The predicted octanol–water partition coefficient (Wildman–Crippen LogP) is 5.48. The van der Waals surface area contributed by atoms with E-state index in [2.05, 4.69) is 21.2 Å². The predicted molar refractivity (Wildman–Crippen MR) is 75.5 cm³/mol. The van der Waals surface area contributed by atoms with E-state index in [0.29, 0.717) is 10.7 Å². The van der Waals surface area contributed by atoms with Crippen LogP contribution < -0.4 is 5.32 Å². The lowest BCUT2D eigenvalue weighted by Gasteiger charge is -2.13. The van der Waals surface area contributed by atoms with Gasteiger partial charge in [-0.2, -0.15) is 0 Å². The molecule has 0 radical (unpaired) electrons. The van der Waals surface area contributed by atoms with Gasteiger partial charge in [0.25, 0.3) is 0 Å². The van der Waals surface area contributed by atoms with Crippen molar-refractivity contribution in [3.05, 3.63) is 49.8 Å². The highest BCUT2D eigenvalue weighted by Gasteiger charge is 2.09. The van der Waals surface area contributed by atoms with Crippen molar-refractivity contribution in [3.8, 4) is 0 Å².